The molecule has 200 valence electrons. The summed E-state index contributed by atoms with van der Waals surface area (Å²) in [6.07, 6.45) is -2.65. The van der Waals surface area contributed by atoms with Crippen LogP contribution >= 0.6 is 11.8 Å². The highest BCUT2D eigenvalue weighted by molar-refractivity contribution is 7.98. The summed E-state index contributed by atoms with van der Waals surface area (Å²) in [7, 11) is 4.43. The number of aryl methyl sites for hydroxylation is 1. The number of halogens is 3. The Bertz CT molecular complexity index is 1270. The zero-order valence-electron chi connectivity index (χ0n) is 20.9. The number of hydrogen-bond acceptors (Lipinski definition) is 7. The minimum atomic E-state index is -5.13. The number of nitrogens with one attached hydrogen (secondary N) is 2. The first-order chi connectivity index (χ1) is 17.5. The van der Waals surface area contributed by atoms with Gasteiger partial charge in [-0.3, -0.25) is 14.4 Å². The van der Waals surface area contributed by atoms with Gasteiger partial charge in [-0.25, -0.2) is 0 Å². The van der Waals surface area contributed by atoms with Crippen LogP contribution in [0.25, 0.3) is 11.1 Å². The van der Waals surface area contributed by atoms with Crippen LogP contribution in [0.4, 0.5) is 13.2 Å². The number of methoxy groups -OCH3 is 3. The van der Waals surface area contributed by atoms with Crippen molar-refractivity contribution in [2.75, 3.05) is 27.6 Å². The fourth-order valence-corrected chi connectivity index (χ4v) is 4.72. The fraction of sp³-hybridized carbons (Fsp3) is 0.400. The maximum Gasteiger partial charge on any atom is 0.471 e. The molecule has 0 radical (unpaired) electrons. The lowest BCUT2D eigenvalue weighted by Crippen LogP contribution is -2.49. The molecule has 8 nitrogen and oxygen atoms in total. The molecule has 1 aliphatic rings. The van der Waals surface area contributed by atoms with Gasteiger partial charge in [0.1, 0.15) is 6.04 Å². The predicted octanol–water partition coefficient (Wildman–Crippen LogP) is 3.63. The third kappa shape index (κ3) is 5.79. The summed E-state index contributed by atoms with van der Waals surface area (Å²) in [4.78, 5) is 37.6. The van der Waals surface area contributed by atoms with E-state index in [1.807, 2.05) is 0 Å². The van der Waals surface area contributed by atoms with Gasteiger partial charge in [0.15, 0.2) is 16.9 Å². The first-order valence-corrected chi connectivity index (χ1v) is 12.4. The predicted molar refractivity (Wildman–Crippen MR) is 132 cm³/mol. The SMILES string of the molecule is COc1cc2c(c(OC)c1OC)-c1ccc(SC)c(=O)cc1[C@@H](NC(=O)[C@@H](C)NC(=O)C(F)(F)F)CC2. The molecule has 0 heterocycles. The lowest BCUT2D eigenvalue weighted by atomic mass is 9.95. The molecule has 0 bridgehead atoms. The molecule has 2 atom stereocenters. The van der Waals surface area contributed by atoms with Gasteiger partial charge < -0.3 is 24.8 Å². The van der Waals surface area contributed by atoms with E-state index in [0.717, 1.165) is 12.5 Å². The normalized spacial score (nSPS) is 15.4. The molecule has 0 aromatic heterocycles. The number of benzene rings is 1. The zero-order chi connectivity index (χ0) is 27.5. The Morgan fingerprint density at radius 2 is 1.76 bits per heavy atom. The third-order valence-corrected chi connectivity index (χ3v) is 6.81. The van der Waals surface area contributed by atoms with Crippen molar-refractivity contribution in [3.05, 3.63) is 45.6 Å². The van der Waals surface area contributed by atoms with E-state index in [0.29, 0.717) is 51.7 Å². The highest BCUT2D eigenvalue weighted by Crippen LogP contribution is 2.50. The Balaban J connectivity index is 2.16. The van der Waals surface area contributed by atoms with Gasteiger partial charge in [0.05, 0.1) is 32.3 Å². The standard InChI is InChI=1S/C25H27F3N2O6S/c1-12(29-24(33)25(26,27)28)23(32)30-16-8-6-13-10-18(34-2)21(35-3)22(36-4)20(13)14-7-9-19(37-5)17(31)11-15(14)16/h7,9-12,16H,6,8H2,1-5H3,(H,29,33)(H,30,32)/t12-,16+/m1/s1. The highest BCUT2D eigenvalue weighted by atomic mass is 32.2. The Kier molecular flexibility index (Phi) is 8.62. The van der Waals surface area contributed by atoms with Crippen LogP contribution in [0.3, 0.4) is 0 Å². The molecule has 0 aliphatic heterocycles. The van der Waals surface area contributed by atoms with Crippen molar-refractivity contribution >= 4 is 23.6 Å². The molecule has 2 amide bonds. The number of hydrogen-bond donors (Lipinski definition) is 2. The average molecular weight is 541 g/mol. The number of rotatable bonds is 7. The van der Waals surface area contributed by atoms with Crippen molar-refractivity contribution in [3.8, 4) is 28.4 Å². The number of alkyl halides is 3. The Hall–Kier alpha value is -3.41. The van der Waals surface area contributed by atoms with Crippen LogP contribution in [-0.4, -0.2) is 51.6 Å². The number of carbonyl (C=O) groups is 2. The number of thioether (sulfide) groups is 1. The van der Waals surface area contributed by atoms with Crippen LogP contribution in [0.1, 0.15) is 30.5 Å². The van der Waals surface area contributed by atoms with E-state index < -0.39 is 30.1 Å². The van der Waals surface area contributed by atoms with Gasteiger partial charge in [-0.2, -0.15) is 13.2 Å². The molecule has 0 unspecified atom stereocenters. The molecule has 3 rings (SSSR count). The fourth-order valence-electron chi connectivity index (χ4n) is 4.26. The van der Waals surface area contributed by atoms with E-state index in [2.05, 4.69) is 5.32 Å². The molecular weight excluding hydrogens is 513 g/mol. The third-order valence-electron chi connectivity index (χ3n) is 6.04. The molecule has 12 heteroatoms. The van der Waals surface area contributed by atoms with E-state index in [-0.39, 0.29) is 5.43 Å². The second-order valence-corrected chi connectivity index (χ2v) is 9.10. The van der Waals surface area contributed by atoms with Gasteiger partial charge >= 0.3 is 12.1 Å². The first kappa shape index (κ1) is 28.2. The molecule has 37 heavy (non-hydrogen) atoms. The summed E-state index contributed by atoms with van der Waals surface area (Å²) < 4.78 is 54.7. The van der Waals surface area contributed by atoms with Crippen LogP contribution in [0.5, 0.6) is 17.2 Å². The number of fused-ring (bicyclic) bond motifs is 3. The first-order valence-electron chi connectivity index (χ1n) is 11.2. The zero-order valence-corrected chi connectivity index (χ0v) is 21.7. The van der Waals surface area contributed by atoms with Crippen LogP contribution in [-0.2, 0) is 16.0 Å². The van der Waals surface area contributed by atoms with E-state index in [1.165, 1.54) is 39.2 Å². The molecule has 0 saturated carbocycles. The summed E-state index contributed by atoms with van der Waals surface area (Å²) in [6.45, 7) is 1.15. The minimum Gasteiger partial charge on any atom is -0.493 e. The van der Waals surface area contributed by atoms with Crippen molar-refractivity contribution in [3.63, 3.8) is 0 Å². The van der Waals surface area contributed by atoms with Crippen LogP contribution in [0.2, 0.25) is 0 Å². The summed E-state index contributed by atoms with van der Waals surface area (Å²) >= 11 is 1.26. The van der Waals surface area contributed by atoms with Gasteiger partial charge in [-0.15, -0.1) is 11.8 Å². The minimum absolute atomic E-state index is 0.283. The van der Waals surface area contributed by atoms with Gasteiger partial charge in [0.25, 0.3) is 0 Å². The molecule has 0 spiro atoms. The quantitative estimate of drug-likeness (QED) is 0.517. The summed E-state index contributed by atoms with van der Waals surface area (Å²) in [5.74, 6) is -1.89. The van der Waals surface area contributed by atoms with Crippen molar-refractivity contribution in [1.82, 2.24) is 10.6 Å². The van der Waals surface area contributed by atoms with E-state index in [1.54, 1.807) is 29.8 Å². The van der Waals surface area contributed by atoms with E-state index >= 15 is 0 Å². The smallest absolute Gasteiger partial charge is 0.471 e. The van der Waals surface area contributed by atoms with Gasteiger partial charge in [-0.1, -0.05) is 6.07 Å². The second kappa shape index (κ2) is 11.3. The van der Waals surface area contributed by atoms with Crippen LogP contribution in [0.15, 0.2) is 34.0 Å². The maximum absolute atomic E-state index is 13.0. The van der Waals surface area contributed by atoms with Crippen molar-refractivity contribution in [2.24, 2.45) is 0 Å². The average Bonchev–Trinajstić information content (AvgIpc) is 3.10. The molecule has 2 aromatic carbocycles. The monoisotopic (exact) mass is 540 g/mol. The topological polar surface area (TPSA) is 103 Å². The number of carbonyl (C=O) groups excluding carboxylic acids is 2. The van der Waals surface area contributed by atoms with E-state index in [4.69, 9.17) is 14.2 Å². The lowest BCUT2D eigenvalue weighted by Gasteiger charge is -2.22. The lowest BCUT2D eigenvalue weighted by molar-refractivity contribution is -0.174. The molecule has 0 fully saturated rings. The van der Waals surface area contributed by atoms with E-state index in [9.17, 15) is 27.6 Å². The molecule has 0 saturated heterocycles. The number of ether oxygens (including phenoxy) is 3. The van der Waals surface area contributed by atoms with Crippen molar-refractivity contribution < 1.29 is 37.0 Å². The Morgan fingerprint density at radius 1 is 1.08 bits per heavy atom. The Morgan fingerprint density at radius 3 is 2.32 bits per heavy atom. The van der Waals surface area contributed by atoms with Gasteiger partial charge in [0.2, 0.25) is 11.7 Å². The molecular formula is C25H27F3N2O6S. The van der Waals surface area contributed by atoms with Crippen molar-refractivity contribution in [2.45, 2.75) is 42.9 Å². The van der Waals surface area contributed by atoms with Crippen LogP contribution in [0, 0.1) is 0 Å². The summed E-state index contributed by atoms with van der Waals surface area (Å²) in [5.41, 5.74) is 2.20. The molecule has 1 aliphatic carbocycles. The summed E-state index contributed by atoms with van der Waals surface area (Å²) in [6, 6.07) is 4.39. The van der Waals surface area contributed by atoms with Gasteiger partial charge in [0, 0.05) is 5.56 Å². The number of amides is 2. The van der Waals surface area contributed by atoms with Crippen molar-refractivity contribution in [1.29, 1.82) is 0 Å². The van der Waals surface area contributed by atoms with Crippen LogP contribution < -0.4 is 30.3 Å². The second-order valence-electron chi connectivity index (χ2n) is 8.25. The summed E-state index contributed by atoms with van der Waals surface area (Å²) in [5, 5.41) is 4.37. The largest absolute Gasteiger partial charge is 0.493 e. The highest BCUT2D eigenvalue weighted by Gasteiger charge is 2.40. The molecule has 2 N–H and O–H groups in total. The van der Waals surface area contributed by atoms with Gasteiger partial charge in [-0.05, 0) is 60.9 Å². The Labute approximate surface area is 215 Å². The maximum atomic E-state index is 13.0. The molecule has 2 aromatic rings.